The third-order valence-corrected chi connectivity index (χ3v) is 7.93. The number of amidine groups is 1. The molecule has 0 spiro atoms. The number of nitrogens with one attached hydrogen (secondary N) is 1. The summed E-state index contributed by atoms with van der Waals surface area (Å²) in [7, 11) is 1.70. The van der Waals surface area contributed by atoms with E-state index in [2.05, 4.69) is 15.3 Å². The van der Waals surface area contributed by atoms with E-state index in [-0.39, 0.29) is 30.2 Å². The van der Waals surface area contributed by atoms with Crippen molar-refractivity contribution < 1.29 is 14.0 Å². The average molecular weight is 523 g/mol. The molecule has 39 heavy (non-hydrogen) atoms. The largest absolute Gasteiger partial charge is 0.349 e. The van der Waals surface area contributed by atoms with Gasteiger partial charge in [-0.1, -0.05) is 79.4 Å². The number of hydrogen-bond acceptors (Lipinski definition) is 3. The normalized spacial score (nSPS) is 16.5. The molecule has 0 bridgehead atoms. The fourth-order valence-corrected chi connectivity index (χ4v) is 5.42. The van der Waals surface area contributed by atoms with Crippen LogP contribution in [0.25, 0.3) is 0 Å². The van der Waals surface area contributed by atoms with Crippen LogP contribution in [0.4, 0.5) is 4.39 Å². The van der Waals surface area contributed by atoms with E-state index in [4.69, 9.17) is 0 Å². The first kappa shape index (κ1) is 28.2. The van der Waals surface area contributed by atoms with Gasteiger partial charge in [-0.2, -0.15) is 0 Å². The first-order valence-corrected chi connectivity index (χ1v) is 13.5. The molecule has 1 heterocycles. The third-order valence-electron chi connectivity index (χ3n) is 7.93. The highest BCUT2D eigenvalue weighted by molar-refractivity contribution is 6.92. The van der Waals surface area contributed by atoms with Crippen LogP contribution in [0.2, 0.25) is 12.6 Å². The summed E-state index contributed by atoms with van der Waals surface area (Å²) in [6, 6.07) is 23.4. The molecule has 3 aromatic rings. The average Bonchev–Trinajstić information content (AvgIpc) is 2.97. The molecule has 5 nitrogen and oxygen atoms in total. The molecule has 1 saturated heterocycles. The molecule has 0 unspecified atom stereocenters. The lowest BCUT2D eigenvalue weighted by molar-refractivity contribution is -0.128. The van der Waals surface area contributed by atoms with Gasteiger partial charge in [-0.15, -0.1) is 0 Å². The van der Waals surface area contributed by atoms with E-state index in [1.807, 2.05) is 75.4 Å². The molecular formula is C32H35BFN3O2. The van der Waals surface area contributed by atoms with Gasteiger partial charge in [0, 0.05) is 18.3 Å². The van der Waals surface area contributed by atoms with Crippen LogP contribution < -0.4 is 5.32 Å². The molecular weight excluding hydrogens is 488 g/mol. The molecule has 1 fully saturated rings. The quantitative estimate of drug-likeness (QED) is 0.218. The highest BCUT2D eigenvalue weighted by Gasteiger charge is 2.46. The van der Waals surface area contributed by atoms with E-state index in [1.54, 1.807) is 19.2 Å². The molecule has 1 N–H and O–H groups in total. The second-order valence-corrected chi connectivity index (χ2v) is 10.4. The van der Waals surface area contributed by atoms with Gasteiger partial charge in [0.15, 0.2) is 0 Å². The minimum absolute atomic E-state index is 0.0820. The maximum atomic E-state index is 13.8. The molecule has 1 amide bonds. The standard InChI is InChI=1S/C32H35BFN3O2/c1-22(36-24(3)35-4)26-10-12-27(13-11-26)30(38)33-20-18-32(19-21-33,28-14-16-29(34)17-15-28)31(39)37-23(2)25-8-6-5-7-9-25/h5-17,23H,18-21H2,1-4H3,(H,37,39)/t23-/m0/s1. The molecule has 1 aliphatic rings. The van der Waals surface area contributed by atoms with Crippen LogP contribution in [-0.4, -0.2) is 36.9 Å². The highest BCUT2D eigenvalue weighted by Crippen LogP contribution is 2.41. The number of amides is 1. The van der Waals surface area contributed by atoms with Crippen LogP contribution in [0.15, 0.2) is 88.8 Å². The number of benzene rings is 3. The summed E-state index contributed by atoms with van der Waals surface area (Å²) in [5.41, 5.74) is 3.53. The minimum atomic E-state index is -0.816. The van der Waals surface area contributed by atoms with Gasteiger partial charge in [0.25, 0.3) is 0 Å². The summed E-state index contributed by atoms with van der Waals surface area (Å²) in [4.78, 5) is 35.8. The first-order chi connectivity index (χ1) is 18.7. The maximum absolute atomic E-state index is 13.8. The molecule has 0 aromatic heterocycles. The Labute approximate surface area is 230 Å². The van der Waals surface area contributed by atoms with Gasteiger partial charge in [0.2, 0.25) is 12.6 Å². The second kappa shape index (κ2) is 12.3. The molecule has 0 saturated carbocycles. The Bertz CT molecular complexity index is 1360. The summed E-state index contributed by atoms with van der Waals surface area (Å²) in [6.45, 7) is 5.56. The first-order valence-electron chi connectivity index (χ1n) is 13.5. The fraction of sp³-hybridized carbons (Fsp3) is 0.312. The van der Waals surface area contributed by atoms with Crippen molar-refractivity contribution in [1.29, 1.82) is 0 Å². The number of halogens is 1. The lowest BCUT2D eigenvalue weighted by Gasteiger charge is -2.39. The van der Waals surface area contributed by atoms with E-state index < -0.39 is 5.41 Å². The van der Waals surface area contributed by atoms with Gasteiger partial charge < -0.3 is 10.1 Å². The number of rotatable bonds is 7. The monoisotopic (exact) mass is 523 g/mol. The smallest absolute Gasteiger partial charge is 0.231 e. The summed E-state index contributed by atoms with van der Waals surface area (Å²) < 4.78 is 13.8. The fourth-order valence-electron chi connectivity index (χ4n) is 5.42. The predicted molar refractivity (Wildman–Crippen MR) is 158 cm³/mol. The van der Waals surface area contributed by atoms with Gasteiger partial charge in [-0.05, 0) is 62.4 Å². The summed E-state index contributed by atoms with van der Waals surface area (Å²) in [5.74, 6) is 0.278. The Hall–Kier alpha value is -3.87. The molecule has 4 rings (SSSR count). The lowest BCUT2D eigenvalue weighted by atomic mass is 9.35. The Kier molecular flexibility index (Phi) is 8.90. The van der Waals surface area contributed by atoms with Crippen molar-refractivity contribution in [2.24, 2.45) is 9.98 Å². The van der Waals surface area contributed by atoms with E-state index in [0.717, 1.165) is 22.4 Å². The van der Waals surface area contributed by atoms with Crippen molar-refractivity contribution in [3.05, 3.63) is 107 Å². The second-order valence-electron chi connectivity index (χ2n) is 10.4. The van der Waals surface area contributed by atoms with Crippen LogP contribution in [0.3, 0.4) is 0 Å². The van der Waals surface area contributed by atoms with Crippen LogP contribution in [0.5, 0.6) is 0 Å². The Balaban J connectivity index is 1.51. The zero-order valence-electron chi connectivity index (χ0n) is 23.1. The highest BCUT2D eigenvalue weighted by atomic mass is 19.1. The van der Waals surface area contributed by atoms with E-state index >= 15 is 0 Å². The number of carbonyl (C=O) groups excluding carboxylic acids is 2. The van der Waals surface area contributed by atoms with Crippen molar-refractivity contribution in [2.45, 2.75) is 57.7 Å². The van der Waals surface area contributed by atoms with Crippen LogP contribution in [0, 0.1) is 5.82 Å². The molecule has 200 valence electrons. The maximum Gasteiger partial charge on any atom is 0.231 e. The molecule has 1 atom stereocenters. The molecule has 7 heteroatoms. The van der Waals surface area contributed by atoms with Crippen molar-refractivity contribution in [3.63, 3.8) is 0 Å². The van der Waals surface area contributed by atoms with E-state index in [1.165, 1.54) is 12.1 Å². The van der Waals surface area contributed by atoms with Crippen LogP contribution in [-0.2, 0) is 10.2 Å². The van der Waals surface area contributed by atoms with Gasteiger partial charge in [0.1, 0.15) is 17.3 Å². The molecule has 0 radical (unpaired) electrons. The SMILES string of the molecule is CN=C(C)N=C(C)c1ccc(C(=O)B2CCC(C(=O)N[C@@H](C)c3ccccc3)(c3ccc(F)cc3)CC2)cc1. The molecule has 1 aliphatic heterocycles. The van der Waals surface area contributed by atoms with E-state index in [9.17, 15) is 14.0 Å². The zero-order chi connectivity index (χ0) is 28.0. The lowest BCUT2D eigenvalue weighted by Crippen LogP contribution is -2.49. The number of carbonyl (C=O) groups is 2. The van der Waals surface area contributed by atoms with Crippen molar-refractivity contribution in [2.75, 3.05) is 7.05 Å². The number of aliphatic imine (C=N–C) groups is 2. The van der Waals surface area contributed by atoms with Crippen LogP contribution >= 0.6 is 0 Å². The number of nitrogens with zero attached hydrogens (tertiary/aromatic N) is 2. The summed E-state index contributed by atoms with van der Waals surface area (Å²) >= 11 is 0. The number of hydrogen-bond donors (Lipinski definition) is 1. The van der Waals surface area contributed by atoms with Gasteiger partial charge >= 0.3 is 0 Å². The topological polar surface area (TPSA) is 70.9 Å². The Morgan fingerprint density at radius 2 is 1.49 bits per heavy atom. The predicted octanol–water partition coefficient (Wildman–Crippen LogP) is 6.51. The molecule has 0 aliphatic carbocycles. The van der Waals surface area contributed by atoms with Gasteiger partial charge in [-0.25, -0.2) is 9.38 Å². The van der Waals surface area contributed by atoms with E-state index in [0.29, 0.717) is 36.9 Å². The van der Waals surface area contributed by atoms with Crippen molar-refractivity contribution >= 4 is 29.8 Å². The Morgan fingerprint density at radius 1 is 0.897 bits per heavy atom. The minimum Gasteiger partial charge on any atom is -0.349 e. The third kappa shape index (κ3) is 6.41. The van der Waals surface area contributed by atoms with Crippen molar-refractivity contribution in [3.8, 4) is 0 Å². The van der Waals surface area contributed by atoms with Crippen LogP contribution in [0.1, 0.15) is 66.7 Å². The summed E-state index contributed by atoms with van der Waals surface area (Å²) in [5, 5.41) is 3.19. The zero-order valence-corrected chi connectivity index (χ0v) is 23.1. The van der Waals surface area contributed by atoms with Gasteiger partial charge in [-0.3, -0.25) is 9.79 Å². The molecule has 3 aromatic carbocycles. The van der Waals surface area contributed by atoms with Gasteiger partial charge in [0.05, 0.1) is 11.5 Å². The van der Waals surface area contributed by atoms with Crippen molar-refractivity contribution in [1.82, 2.24) is 5.32 Å². The summed E-state index contributed by atoms with van der Waals surface area (Å²) in [6.07, 6.45) is 2.19. The Morgan fingerprint density at radius 3 is 2.08 bits per heavy atom.